The first-order valence-corrected chi connectivity index (χ1v) is 6.58. The molecular formula is C15H26N2O. The maximum absolute atomic E-state index is 6.28. The summed E-state index contributed by atoms with van der Waals surface area (Å²) in [5, 5.41) is 0. The molecule has 0 radical (unpaired) electrons. The van der Waals surface area contributed by atoms with E-state index in [4.69, 9.17) is 10.5 Å². The van der Waals surface area contributed by atoms with Crippen molar-refractivity contribution in [2.24, 2.45) is 5.73 Å². The highest BCUT2D eigenvalue weighted by Crippen LogP contribution is 2.20. The average Bonchev–Trinajstić information content (AvgIpc) is 2.28. The summed E-state index contributed by atoms with van der Waals surface area (Å²) < 4.78 is 5.37. The molecule has 1 atom stereocenters. The second-order valence-corrected chi connectivity index (χ2v) is 5.39. The van der Waals surface area contributed by atoms with Gasteiger partial charge in [-0.05, 0) is 26.5 Å². The number of ether oxygens (including phenoxy) is 1. The molecule has 0 aliphatic rings. The summed E-state index contributed by atoms with van der Waals surface area (Å²) in [5.74, 6) is 0.943. The summed E-state index contributed by atoms with van der Waals surface area (Å²) in [4.78, 5) is 2.26. The van der Waals surface area contributed by atoms with Gasteiger partial charge >= 0.3 is 0 Å². The number of likely N-dealkylation sites (N-methyl/N-ethyl adjacent to an activating group) is 1. The van der Waals surface area contributed by atoms with Crippen LogP contribution in [-0.2, 0) is 6.54 Å². The van der Waals surface area contributed by atoms with Crippen molar-refractivity contribution in [3.05, 3.63) is 29.8 Å². The Morgan fingerprint density at radius 3 is 2.61 bits per heavy atom. The van der Waals surface area contributed by atoms with Crippen molar-refractivity contribution >= 4 is 0 Å². The van der Waals surface area contributed by atoms with Gasteiger partial charge in [0, 0.05) is 24.2 Å². The van der Waals surface area contributed by atoms with Crippen LogP contribution in [0.2, 0.25) is 0 Å². The van der Waals surface area contributed by atoms with Crippen molar-refractivity contribution in [2.45, 2.75) is 38.8 Å². The van der Waals surface area contributed by atoms with E-state index in [1.807, 2.05) is 18.2 Å². The van der Waals surface area contributed by atoms with Gasteiger partial charge in [-0.1, -0.05) is 31.5 Å². The molecule has 0 aliphatic carbocycles. The van der Waals surface area contributed by atoms with E-state index in [-0.39, 0.29) is 5.54 Å². The normalized spacial score (nSPS) is 14.6. The van der Waals surface area contributed by atoms with E-state index >= 15 is 0 Å². The van der Waals surface area contributed by atoms with E-state index < -0.39 is 0 Å². The third-order valence-corrected chi connectivity index (χ3v) is 3.09. The van der Waals surface area contributed by atoms with Gasteiger partial charge in [0.2, 0.25) is 0 Å². The molecule has 1 rings (SSSR count). The van der Waals surface area contributed by atoms with Gasteiger partial charge in [-0.15, -0.1) is 0 Å². The zero-order valence-corrected chi connectivity index (χ0v) is 12.1. The standard InChI is InChI=1S/C15H26N2O/c1-5-10-15(2,16)12-17(3)11-13-8-6-7-9-14(13)18-4/h6-9H,5,10-12,16H2,1-4H3. The van der Waals surface area contributed by atoms with Crippen LogP contribution in [0.5, 0.6) is 5.75 Å². The fourth-order valence-corrected chi connectivity index (χ4v) is 2.45. The molecule has 3 nitrogen and oxygen atoms in total. The molecular weight excluding hydrogens is 224 g/mol. The van der Waals surface area contributed by atoms with Gasteiger partial charge in [0.15, 0.2) is 0 Å². The molecule has 0 fully saturated rings. The first-order valence-electron chi connectivity index (χ1n) is 6.58. The molecule has 18 heavy (non-hydrogen) atoms. The van der Waals surface area contributed by atoms with E-state index in [0.29, 0.717) is 0 Å². The lowest BCUT2D eigenvalue weighted by Gasteiger charge is -2.30. The van der Waals surface area contributed by atoms with E-state index in [1.54, 1.807) is 7.11 Å². The fraction of sp³-hybridized carbons (Fsp3) is 0.600. The first kappa shape index (κ1) is 15.0. The Morgan fingerprint density at radius 2 is 2.00 bits per heavy atom. The van der Waals surface area contributed by atoms with Crippen LogP contribution in [0.4, 0.5) is 0 Å². The molecule has 0 bridgehead atoms. The van der Waals surface area contributed by atoms with Crippen LogP contribution in [0.25, 0.3) is 0 Å². The number of hydrogen-bond acceptors (Lipinski definition) is 3. The molecule has 1 aromatic carbocycles. The third kappa shape index (κ3) is 4.67. The average molecular weight is 250 g/mol. The van der Waals surface area contributed by atoms with E-state index in [1.165, 1.54) is 5.56 Å². The van der Waals surface area contributed by atoms with Gasteiger partial charge in [-0.2, -0.15) is 0 Å². The summed E-state index contributed by atoms with van der Waals surface area (Å²) >= 11 is 0. The zero-order chi connectivity index (χ0) is 13.6. The molecule has 102 valence electrons. The van der Waals surface area contributed by atoms with Gasteiger partial charge in [0.1, 0.15) is 5.75 Å². The predicted octanol–water partition coefficient (Wildman–Crippen LogP) is 2.64. The number of nitrogens with two attached hydrogens (primary N) is 1. The van der Waals surface area contributed by atoms with E-state index in [0.717, 1.165) is 31.7 Å². The molecule has 1 unspecified atom stereocenters. The Hall–Kier alpha value is -1.06. The van der Waals surface area contributed by atoms with Crippen molar-refractivity contribution in [3.8, 4) is 5.75 Å². The Balaban J connectivity index is 2.61. The van der Waals surface area contributed by atoms with Crippen LogP contribution in [0.1, 0.15) is 32.3 Å². The molecule has 2 N–H and O–H groups in total. The monoisotopic (exact) mass is 250 g/mol. The number of para-hydroxylation sites is 1. The highest BCUT2D eigenvalue weighted by molar-refractivity contribution is 5.33. The Bertz CT molecular complexity index is 363. The van der Waals surface area contributed by atoms with Gasteiger partial charge in [-0.3, -0.25) is 0 Å². The number of hydrogen-bond donors (Lipinski definition) is 1. The van der Waals surface area contributed by atoms with Crippen molar-refractivity contribution in [1.29, 1.82) is 0 Å². The second-order valence-electron chi connectivity index (χ2n) is 5.39. The van der Waals surface area contributed by atoms with Gasteiger partial charge < -0.3 is 15.4 Å². The molecule has 0 saturated heterocycles. The molecule has 0 aliphatic heterocycles. The zero-order valence-electron chi connectivity index (χ0n) is 12.1. The third-order valence-electron chi connectivity index (χ3n) is 3.09. The Morgan fingerprint density at radius 1 is 1.33 bits per heavy atom. The highest BCUT2D eigenvalue weighted by Gasteiger charge is 2.19. The molecule has 0 amide bonds. The van der Waals surface area contributed by atoms with Gasteiger partial charge in [0.05, 0.1) is 7.11 Å². The SMILES string of the molecule is CCCC(C)(N)CN(C)Cc1ccccc1OC. The van der Waals surface area contributed by atoms with Crippen LogP contribution < -0.4 is 10.5 Å². The van der Waals surface area contributed by atoms with Crippen LogP contribution in [0.3, 0.4) is 0 Å². The smallest absolute Gasteiger partial charge is 0.123 e. The highest BCUT2D eigenvalue weighted by atomic mass is 16.5. The van der Waals surface area contributed by atoms with E-state index in [9.17, 15) is 0 Å². The summed E-state index contributed by atoms with van der Waals surface area (Å²) in [5.41, 5.74) is 7.36. The van der Waals surface area contributed by atoms with Crippen LogP contribution in [-0.4, -0.2) is 31.1 Å². The Labute approximate surface area is 111 Å². The van der Waals surface area contributed by atoms with E-state index in [2.05, 4.69) is 31.9 Å². The minimum atomic E-state index is -0.120. The van der Waals surface area contributed by atoms with Crippen LogP contribution in [0, 0.1) is 0 Å². The van der Waals surface area contributed by atoms with Crippen molar-refractivity contribution in [1.82, 2.24) is 4.90 Å². The maximum Gasteiger partial charge on any atom is 0.123 e. The minimum Gasteiger partial charge on any atom is -0.496 e. The summed E-state index contributed by atoms with van der Waals surface area (Å²) in [6.07, 6.45) is 2.17. The summed E-state index contributed by atoms with van der Waals surface area (Å²) in [6.45, 7) is 6.04. The first-order chi connectivity index (χ1) is 8.48. The molecule has 0 spiro atoms. The molecule has 0 aromatic heterocycles. The van der Waals surface area contributed by atoms with Crippen molar-refractivity contribution in [3.63, 3.8) is 0 Å². The summed E-state index contributed by atoms with van der Waals surface area (Å²) in [6, 6.07) is 8.13. The molecule has 1 aromatic rings. The number of rotatable bonds is 7. The maximum atomic E-state index is 6.28. The topological polar surface area (TPSA) is 38.5 Å². The van der Waals surface area contributed by atoms with Gasteiger partial charge in [-0.25, -0.2) is 0 Å². The largest absolute Gasteiger partial charge is 0.496 e. The molecule has 0 saturated carbocycles. The van der Waals surface area contributed by atoms with Gasteiger partial charge in [0.25, 0.3) is 0 Å². The minimum absolute atomic E-state index is 0.120. The number of nitrogens with zero attached hydrogens (tertiary/aromatic N) is 1. The fourth-order valence-electron chi connectivity index (χ4n) is 2.45. The van der Waals surface area contributed by atoms with Crippen LogP contribution in [0.15, 0.2) is 24.3 Å². The predicted molar refractivity (Wildman–Crippen MR) is 76.8 cm³/mol. The van der Waals surface area contributed by atoms with Crippen molar-refractivity contribution in [2.75, 3.05) is 20.7 Å². The number of benzene rings is 1. The lowest BCUT2D eigenvalue weighted by Crippen LogP contribution is -2.46. The quantitative estimate of drug-likeness (QED) is 0.808. The Kier molecular flexibility index (Phi) is 5.63. The lowest BCUT2D eigenvalue weighted by atomic mass is 9.97. The van der Waals surface area contributed by atoms with Crippen molar-refractivity contribution < 1.29 is 4.74 Å². The summed E-state index contributed by atoms with van der Waals surface area (Å²) in [7, 11) is 3.82. The molecule has 3 heteroatoms. The number of methoxy groups -OCH3 is 1. The molecule has 0 heterocycles. The second kappa shape index (κ2) is 6.76. The van der Waals surface area contributed by atoms with Crippen LogP contribution >= 0.6 is 0 Å². The lowest BCUT2D eigenvalue weighted by molar-refractivity contribution is 0.238.